The molecule has 0 bridgehead atoms. The fourth-order valence-corrected chi connectivity index (χ4v) is 4.58. The average Bonchev–Trinajstić information content (AvgIpc) is 3.17. The fraction of sp³-hybridized carbons (Fsp3) is 0.355. The summed E-state index contributed by atoms with van der Waals surface area (Å²) in [6, 6.07) is 20.2. The van der Waals surface area contributed by atoms with E-state index in [1.54, 1.807) is 21.5 Å². The zero-order chi connectivity index (χ0) is 27.3. The van der Waals surface area contributed by atoms with E-state index < -0.39 is 5.97 Å². The van der Waals surface area contributed by atoms with Crippen LogP contribution in [0.25, 0.3) is 11.3 Å². The van der Waals surface area contributed by atoms with Crippen LogP contribution in [-0.4, -0.2) is 30.4 Å². The molecule has 0 saturated heterocycles. The van der Waals surface area contributed by atoms with E-state index in [4.69, 9.17) is 5.11 Å². The first-order valence-corrected chi connectivity index (χ1v) is 13.2. The van der Waals surface area contributed by atoms with Crippen LogP contribution < -0.4 is 5.69 Å². The predicted octanol–water partition coefficient (Wildman–Crippen LogP) is 5.27. The van der Waals surface area contributed by atoms with Gasteiger partial charge in [0, 0.05) is 24.7 Å². The van der Waals surface area contributed by atoms with Gasteiger partial charge in [-0.2, -0.15) is 5.10 Å². The second kappa shape index (κ2) is 11.6. The molecule has 0 fully saturated rings. The number of benzene rings is 2. The van der Waals surface area contributed by atoms with Crippen molar-refractivity contribution in [2.24, 2.45) is 0 Å². The van der Waals surface area contributed by atoms with Crippen molar-refractivity contribution in [3.05, 3.63) is 105 Å². The van der Waals surface area contributed by atoms with Gasteiger partial charge in [-0.25, -0.2) is 9.48 Å². The molecule has 0 unspecified atom stereocenters. The number of carbonyl (C=O) groups is 1. The maximum Gasteiger partial charge on any atom is 0.346 e. The lowest BCUT2D eigenvalue weighted by Gasteiger charge is -2.19. The Bertz CT molecular complexity index is 1440. The van der Waals surface area contributed by atoms with E-state index in [1.165, 1.54) is 11.1 Å². The third-order valence-corrected chi connectivity index (χ3v) is 6.76. The molecule has 4 aromatic rings. The second-order valence-electron chi connectivity index (χ2n) is 10.7. The fourth-order valence-electron chi connectivity index (χ4n) is 4.58. The van der Waals surface area contributed by atoms with Crippen molar-refractivity contribution >= 4 is 5.97 Å². The topological polar surface area (TPSA) is 90.0 Å². The van der Waals surface area contributed by atoms with E-state index >= 15 is 0 Å². The van der Waals surface area contributed by atoms with Gasteiger partial charge in [-0.1, -0.05) is 69.3 Å². The molecule has 38 heavy (non-hydrogen) atoms. The minimum absolute atomic E-state index is 0.0182. The standard InChI is InChI=1S/C31H36N4O3/c1-5-34-28(33-35(30(34)38)21-23-11-15-26(16-12-23)31(2,3)4)8-6-7-22-9-13-25(14-10-22)27-19-24(17-18-32-27)20-29(36)37/h9-19H,5-8,20-21H2,1-4H3,(H,36,37). The van der Waals surface area contributed by atoms with E-state index in [0.717, 1.165) is 47.5 Å². The highest BCUT2D eigenvalue weighted by molar-refractivity contribution is 5.71. The van der Waals surface area contributed by atoms with Gasteiger partial charge >= 0.3 is 11.7 Å². The number of carboxylic acid groups (broad SMARTS) is 1. The summed E-state index contributed by atoms with van der Waals surface area (Å²) in [4.78, 5) is 28.4. The number of carboxylic acids is 1. The molecule has 0 aliphatic carbocycles. The largest absolute Gasteiger partial charge is 0.481 e. The van der Waals surface area contributed by atoms with Crippen LogP contribution in [0.4, 0.5) is 0 Å². The summed E-state index contributed by atoms with van der Waals surface area (Å²) in [6.45, 7) is 9.61. The molecule has 198 valence electrons. The van der Waals surface area contributed by atoms with E-state index in [-0.39, 0.29) is 17.5 Å². The van der Waals surface area contributed by atoms with Gasteiger partial charge in [0.25, 0.3) is 0 Å². The van der Waals surface area contributed by atoms with Gasteiger partial charge in [0.05, 0.1) is 18.7 Å². The Morgan fingerprint density at radius 1 is 0.921 bits per heavy atom. The highest BCUT2D eigenvalue weighted by atomic mass is 16.4. The Labute approximate surface area is 223 Å². The summed E-state index contributed by atoms with van der Waals surface area (Å²) in [7, 11) is 0. The average molecular weight is 513 g/mol. The molecule has 7 nitrogen and oxygen atoms in total. The van der Waals surface area contributed by atoms with Gasteiger partial charge in [0.15, 0.2) is 0 Å². The van der Waals surface area contributed by atoms with E-state index in [0.29, 0.717) is 13.1 Å². The molecule has 4 rings (SSSR count). The molecule has 0 saturated carbocycles. The number of hydrogen-bond acceptors (Lipinski definition) is 4. The van der Waals surface area contributed by atoms with Crippen LogP contribution in [0, 0.1) is 0 Å². The van der Waals surface area contributed by atoms with Crippen LogP contribution in [0.15, 0.2) is 71.7 Å². The number of hydrogen-bond donors (Lipinski definition) is 1. The van der Waals surface area contributed by atoms with Gasteiger partial charge in [-0.05, 0) is 59.6 Å². The summed E-state index contributed by atoms with van der Waals surface area (Å²) in [6.07, 6.45) is 4.10. The summed E-state index contributed by atoms with van der Waals surface area (Å²) < 4.78 is 3.34. The summed E-state index contributed by atoms with van der Waals surface area (Å²) in [5.41, 5.74) is 6.01. The Morgan fingerprint density at radius 3 is 2.24 bits per heavy atom. The SMILES string of the molecule is CCn1c(CCCc2ccc(-c3cc(CC(=O)O)ccn3)cc2)nn(Cc2ccc(C(C)(C)C)cc2)c1=O. The van der Waals surface area contributed by atoms with E-state index in [2.05, 4.69) is 67.3 Å². The summed E-state index contributed by atoms with van der Waals surface area (Å²) >= 11 is 0. The van der Waals surface area contributed by atoms with Gasteiger partial charge in [-0.15, -0.1) is 0 Å². The van der Waals surface area contributed by atoms with Crippen LogP contribution in [-0.2, 0) is 42.6 Å². The van der Waals surface area contributed by atoms with E-state index in [1.807, 2.05) is 25.1 Å². The van der Waals surface area contributed by atoms with Crippen molar-refractivity contribution in [3.63, 3.8) is 0 Å². The van der Waals surface area contributed by atoms with Crippen molar-refractivity contribution in [1.29, 1.82) is 0 Å². The molecule has 0 aliphatic rings. The van der Waals surface area contributed by atoms with Crippen LogP contribution in [0.3, 0.4) is 0 Å². The zero-order valence-electron chi connectivity index (χ0n) is 22.6. The molecule has 2 aromatic heterocycles. The first-order chi connectivity index (χ1) is 18.1. The van der Waals surface area contributed by atoms with Crippen LogP contribution in [0.5, 0.6) is 0 Å². The van der Waals surface area contributed by atoms with Crippen molar-refractivity contribution < 1.29 is 9.90 Å². The maximum atomic E-state index is 13.0. The molecule has 0 spiro atoms. The Morgan fingerprint density at radius 2 is 1.61 bits per heavy atom. The molecule has 1 N–H and O–H groups in total. The highest BCUT2D eigenvalue weighted by Crippen LogP contribution is 2.22. The Kier molecular flexibility index (Phi) is 8.25. The normalized spacial score (nSPS) is 11.6. The monoisotopic (exact) mass is 512 g/mol. The number of aliphatic carboxylic acids is 1. The molecule has 2 heterocycles. The first kappa shape index (κ1) is 27.0. The minimum atomic E-state index is -0.856. The van der Waals surface area contributed by atoms with Gasteiger partial charge in [0.2, 0.25) is 0 Å². The zero-order valence-corrected chi connectivity index (χ0v) is 22.6. The molecule has 2 aromatic carbocycles. The van der Waals surface area contributed by atoms with Crippen molar-refractivity contribution in [2.75, 3.05) is 0 Å². The third kappa shape index (κ3) is 6.65. The molecule has 0 amide bonds. The molecule has 0 aliphatic heterocycles. The van der Waals surface area contributed by atoms with Gasteiger partial charge < -0.3 is 5.11 Å². The van der Waals surface area contributed by atoms with Crippen LogP contribution >= 0.6 is 0 Å². The van der Waals surface area contributed by atoms with Gasteiger partial charge in [-0.3, -0.25) is 14.3 Å². The maximum absolute atomic E-state index is 13.0. The first-order valence-electron chi connectivity index (χ1n) is 13.2. The lowest BCUT2D eigenvalue weighted by Crippen LogP contribution is -2.25. The lowest BCUT2D eigenvalue weighted by atomic mass is 9.87. The van der Waals surface area contributed by atoms with Crippen molar-refractivity contribution in [3.8, 4) is 11.3 Å². The molecule has 0 atom stereocenters. The Hall–Kier alpha value is -4.00. The molecule has 7 heteroatoms. The minimum Gasteiger partial charge on any atom is -0.481 e. The number of aryl methyl sites for hydroxylation is 2. The Balaban J connectivity index is 1.38. The number of aromatic nitrogens is 4. The molecular weight excluding hydrogens is 476 g/mol. The lowest BCUT2D eigenvalue weighted by molar-refractivity contribution is -0.136. The summed E-state index contributed by atoms with van der Waals surface area (Å²) in [5.74, 6) is -0.0366. The molecule has 0 radical (unpaired) electrons. The summed E-state index contributed by atoms with van der Waals surface area (Å²) in [5, 5.41) is 13.7. The van der Waals surface area contributed by atoms with Crippen LogP contribution in [0.1, 0.15) is 62.2 Å². The van der Waals surface area contributed by atoms with Crippen molar-refractivity contribution in [2.45, 2.75) is 71.9 Å². The second-order valence-corrected chi connectivity index (χ2v) is 10.7. The number of nitrogens with zero attached hydrogens (tertiary/aromatic N) is 4. The quantitative estimate of drug-likeness (QED) is 0.312. The van der Waals surface area contributed by atoms with E-state index in [9.17, 15) is 9.59 Å². The number of pyridine rings is 1. The highest BCUT2D eigenvalue weighted by Gasteiger charge is 2.15. The predicted molar refractivity (Wildman–Crippen MR) is 149 cm³/mol. The number of rotatable bonds is 10. The molecular formula is C31H36N4O3. The van der Waals surface area contributed by atoms with Crippen LogP contribution in [0.2, 0.25) is 0 Å². The third-order valence-electron chi connectivity index (χ3n) is 6.76. The van der Waals surface area contributed by atoms with Crippen molar-refractivity contribution in [1.82, 2.24) is 19.3 Å². The smallest absolute Gasteiger partial charge is 0.346 e. The van der Waals surface area contributed by atoms with Gasteiger partial charge in [0.1, 0.15) is 5.82 Å².